The second-order valence-corrected chi connectivity index (χ2v) is 6.82. The van der Waals surface area contributed by atoms with Crippen molar-refractivity contribution in [1.29, 1.82) is 0 Å². The van der Waals surface area contributed by atoms with Crippen LogP contribution in [0.1, 0.15) is 43.6 Å². The molecule has 0 aliphatic carbocycles. The summed E-state index contributed by atoms with van der Waals surface area (Å²) < 4.78 is 0. The number of pyridine rings is 1. The number of carbonyl (C=O) groups is 2. The summed E-state index contributed by atoms with van der Waals surface area (Å²) in [5, 5.41) is 10.1. The van der Waals surface area contributed by atoms with Crippen molar-refractivity contribution < 1.29 is 9.59 Å². The van der Waals surface area contributed by atoms with Crippen molar-refractivity contribution >= 4 is 11.8 Å². The molecule has 26 heavy (non-hydrogen) atoms. The van der Waals surface area contributed by atoms with Gasteiger partial charge in [0.25, 0.3) is 5.91 Å². The maximum absolute atomic E-state index is 12.8. The summed E-state index contributed by atoms with van der Waals surface area (Å²) >= 11 is 0. The largest absolute Gasteiger partial charge is 0.353 e. The number of H-pyrrole nitrogens is 1. The molecule has 1 aliphatic heterocycles. The lowest BCUT2D eigenvalue weighted by Gasteiger charge is -2.32. The minimum Gasteiger partial charge on any atom is -0.353 e. The average Bonchev–Trinajstić information content (AvgIpc) is 3.18. The summed E-state index contributed by atoms with van der Waals surface area (Å²) in [6, 6.07) is 5.62. The molecule has 7 heteroatoms. The topological polar surface area (TPSA) is 91.0 Å². The number of nitrogens with zero attached hydrogens (tertiary/aromatic N) is 3. The van der Waals surface area contributed by atoms with Gasteiger partial charge >= 0.3 is 0 Å². The second-order valence-electron chi connectivity index (χ2n) is 6.82. The molecule has 2 aromatic heterocycles. The normalized spacial score (nSPS) is 18.4. The lowest BCUT2D eigenvalue weighted by atomic mass is 9.96. The van der Waals surface area contributed by atoms with E-state index in [2.05, 4.69) is 20.5 Å². The molecule has 2 N–H and O–H groups in total. The first-order valence-corrected chi connectivity index (χ1v) is 9.14. The zero-order valence-corrected chi connectivity index (χ0v) is 15.2. The molecule has 2 aromatic rings. The van der Waals surface area contributed by atoms with Gasteiger partial charge in [-0.25, -0.2) is 0 Å². The molecule has 1 aliphatic rings. The SMILES string of the molecule is CC[C@H](C)NC(=O)[C@@H]1CCCN(C(=O)c2cc(-c3cccnc3)n[nH]2)C1. The average molecular weight is 355 g/mol. The van der Waals surface area contributed by atoms with Crippen molar-refractivity contribution in [2.75, 3.05) is 13.1 Å². The van der Waals surface area contributed by atoms with Crippen LogP contribution in [-0.2, 0) is 4.79 Å². The first kappa shape index (κ1) is 18.1. The number of amides is 2. The number of rotatable bonds is 5. The van der Waals surface area contributed by atoms with Crippen LogP contribution >= 0.6 is 0 Å². The van der Waals surface area contributed by atoms with Crippen molar-refractivity contribution in [3.63, 3.8) is 0 Å². The molecule has 138 valence electrons. The van der Waals surface area contributed by atoms with E-state index < -0.39 is 0 Å². The van der Waals surface area contributed by atoms with Gasteiger partial charge in [-0.2, -0.15) is 5.10 Å². The van der Waals surface area contributed by atoms with Gasteiger partial charge in [0, 0.05) is 37.1 Å². The van der Waals surface area contributed by atoms with Crippen molar-refractivity contribution in [2.24, 2.45) is 5.92 Å². The highest BCUT2D eigenvalue weighted by Gasteiger charge is 2.30. The molecule has 1 fully saturated rings. The zero-order chi connectivity index (χ0) is 18.5. The van der Waals surface area contributed by atoms with Crippen molar-refractivity contribution in [1.82, 2.24) is 25.4 Å². The number of aromatic nitrogens is 3. The van der Waals surface area contributed by atoms with Crippen molar-refractivity contribution in [3.8, 4) is 11.3 Å². The summed E-state index contributed by atoms with van der Waals surface area (Å²) in [6.45, 7) is 5.14. The third kappa shape index (κ3) is 4.09. The predicted molar refractivity (Wildman–Crippen MR) is 98.3 cm³/mol. The zero-order valence-electron chi connectivity index (χ0n) is 15.2. The Kier molecular flexibility index (Phi) is 5.65. The number of nitrogens with one attached hydrogen (secondary N) is 2. The van der Waals surface area contributed by atoms with E-state index in [1.54, 1.807) is 23.4 Å². The predicted octanol–water partition coefficient (Wildman–Crippen LogP) is 2.24. The van der Waals surface area contributed by atoms with Gasteiger partial charge in [-0.05, 0) is 44.4 Å². The molecule has 3 rings (SSSR count). The Balaban J connectivity index is 1.66. The fraction of sp³-hybridized carbons (Fsp3) is 0.474. The van der Waals surface area contributed by atoms with E-state index in [-0.39, 0.29) is 23.8 Å². The van der Waals surface area contributed by atoms with Crippen molar-refractivity contribution in [3.05, 3.63) is 36.3 Å². The molecule has 0 aromatic carbocycles. The Labute approximate surface area is 153 Å². The molecule has 1 saturated heterocycles. The van der Waals surface area contributed by atoms with Crippen LogP contribution in [-0.4, -0.2) is 51.0 Å². The standard InChI is InChI=1S/C19H25N5O2/c1-3-13(2)21-18(25)15-7-5-9-24(12-15)19(26)17-10-16(22-23-17)14-6-4-8-20-11-14/h4,6,8,10-11,13,15H,3,5,7,9,12H2,1-2H3,(H,21,25)(H,22,23)/t13-,15+/m0/s1. The Morgan fingerprint density at radius 1 is 1.46 bits per heavy atom. The van der Waals surface area contributed by atoms with Crippen LogP contribution in [0.5, 0.6) is 0 Å². The fourth-order valence-corrected chi connectivity index (χ4v) is 3.10. The number of carbonyl (C=O) groups excluding carboxylic acids is 2. The number of hydrogen-bond acceptors (Lipinski definition) is 4. The molecule has 0 spiro atoms. The third-order valence-electron chi connectivity index (χ3n) is 4.85. The van der Waals surface area contributed by atoms with Gasteiger partial charge in [0.1, 0.15) is 5.69 Å². The number of likely N-dealkylation sites (tertiary alicyclic amines) is 1. The summed E-state index contributed by atoms with van der Waals surface area (Å²) in [5.41, 5.74) is 1.98. The van der Waals surface area contributed by atoms with Crippen LogP contribution in [0.3, 0.4) is 0 Å². The molecular weight excluding hydrogens is 330 g/mol. The van der Waals surface area contributed by atoms with Gasteiger partial charge in [-0.15, -0.1) is 0 Å². The number of aromatic amines is 1. The lowest BCUT2D eigenvalue weighted by molar-refractivity contribution is -0.126. The monoisotopic (exact) mass is 355 g/mol. The van der Waals surface area contributed by atoms with E-state index in [1.165, 1.54) is 0 Å². The van der Waals surface area contributed by atoms with Gasteiger partial charge in [-0.1, -0.05) is 6.92 Å². The van der Waals surface area contributed by atoms with Gasteiger partial charge < -0.3 is 10.2 Å². The smallest absolute Gasteiger partial charge is 0.271 e. The highest BCUT2D eigenvalue weighted by atomic mass is 16.2. The van der Waals surface area contributed by atoms with E-state index in [1.807, 2.05) is 26.0 Å². The van der Waals surface area contributed by atoms with Crippen LogP contribution in [0.4, 0.5) is 0 Å². The van der Waals surface area contributed by atoms with E-state index in [9.17, 15) is 9.59 Å². The Hall–Kier alpha value is -2.70. The van der Waals surface area contributed by atoms with Crippen LogP contribution in [0, 0.1) is 5.92 Å². The lowest BCUT2D eigenvalue weighted by Crippen LogP contribution is -2.47. The van der Waals surface area contributed by atoms with Crippen LogP contribution in [0.2, 0.25) is 0 Å². The molecule has 0 radical (unpaired) electrons. The minimum atomic E-state index is -0.151. The summed E-state index contributed by atoms with van der Waals surface area (Å²) in [4.78, 5) is 31.0. The number of piperidine rings is 1. The molecule has 0 bridgehead atoms. The second kappa shape index (κ2) is 8.12. The first-order valence-electron chi connectivity index (χ1n) is 9.14. The van der Waals surface area contributed by atoms with Crippen molar-refractivity contribution in [2.45, 2.75) is 39.2 Å². The molecular formula is C19H25N5O2. The highest BCUT2D eigenvalue weighted by Crippen LogP contribution is 2.21. The maximum atomic E-state index is 12.8. The fourth-order valence-electron chi connectivity index (χ4n) is 3.10. The molecule has 2 atom stereocenters. The third-order valence-corrected chi connectivity index (χ3v) is 4.85. The summed E-state index contributed by atoms with van der Waals surface area (Å²) in [7, 11) is 0. The molecule has 7 nitrogen and oxygen atoms in total. The minimum absolute atomic E-state index is 0.0394. The maximum Gasteiger partial charge on any atom is 0.271 e. The quantitative estimate of drug-likeness (QED) is 0.860. The highest BCUT2D eigenvalue weighted by molar-refractivity contribution is 5.94. The summed E-state index contributed by atoms with van der Waals surface area (Å²) in [5.74, 6) is -0.228. The molecule has 0 saturated carbocycles. The van der Waals surface area contributed by atoms with Crippen LogP contribution in [0.25, 0.3) is 11.3 Å². The van der Waals surface area contributed by atoms with Crippen LogP contribution < -0.4 is 5.32 Å². The molecule has 3 heterocycles. The Bertz CT molecular complexity index is 758. The molecule has 2 amide bonds. The first-order chi connectivity index (χ1) is 12.6. The Morgan fingerprint density at radius 2 is 2.31 bits per heavy atom. The van der Waals surface area contributed by atoms with E-state index >= 15 is 0 Å². The molecule has 0 unspecified atom stereocenters. The van der Waals surface area contributed by atoms with Gasteiger partial charge in [-0.3, -0.25) is 19.7 Å². The van der Waals surface area contributed by atoms with Crippen LogP contribution in [0.15, 0.2) is 30.6 Å². The van der Waals surface area contributed by atoms with Gasteiger partial charge in [0.15, 0.2) is 0 Å². The number of hydrogen-bond donors (Lipinski definition) is 2. The van der Waals surface area contributed by atoms with Gasteiger partial charge in [0.2, 0.25) is 5.91 Å². The Morgan fingerprint density at radius 3 is 3.04 bits per heavy atom. The van der Waals surface area contributed by atoms with Gasteiger partial charge in [0.05, 0.1) is 11.6 Å². The van der Waals surface area contributed by atoms with E-state index in [4.69, 9.17) is 0 Å². The van der Waals surface area contributed by atoms with E-state index in [0.717, 1.165) is 24.8 Å². The summed E-state index contributed by atoms with van der Waals surface area (Å²) in [6.07, 6.45) is 5.94. The van der Waals surface area contributed by atoms with E-state index in [0.29, 0.717) is 24.5 Å².